The molecule has 5 heterocycles. The van der Waals surface area contributed by atoms with Crippen LogP contribution in [-0.2, 0) is 24.3 Å². The molecule has 1 atom stereocenters. The Morgan fingerprint density at radius 2 is 1.90 bits per heavy atom. The first-order chi connectivity index (χ1) is 18.5. The van der Waals surface area contributed by atoms with Gasteiger partial charge in [-0.2, -0.15) is 8.78 Å². The maximum atomic E-state index is 13.4. The second-order valence-electron chi connectivity index (χ2n) is 8.80. The first-order valence-corrected chi connectivity index (χ1v) is 11.6. The summed E-state index contributed by atoms with van der Waals surface area (Å²) >= 11 is 0. The van der Waals surface area contributed by atoms with E-state index < -0.39 is 34.9 Å². The standard InChI is InChI=1S/C24H21F2N9O4/c1-13(20(36)31-17-6-4-5-16(30-17)14-9-27-22(28-10-14)24(2,25)26)35-12-29-19-18(35)21(37)34(23(38)33(19)3)11-15-7-8-39-32-15/h4-10,12-13H,11H2,1-3H3,(H,30,31,36)/t13-/m0/s1. The van der Waals surface area contributed by atoms with Crippen LogP contribution in [0.3, 0.4) is 0 Å². The number of pyridine rings is 1. The van der Waals surface area contributed by atoms with E-state index in [1.807, 2.05) is 0 Å². The van der Waals surface area contributed by atoms with Crippen molar-refractivity contribution in [1.82, 2.24) is 38.8 Å². The predicted octanol–water partition coefficient (Wildman–Crippen LogP) is 2.10. The first kappa shape index (κ1) is 25.6. The lowest BCUT2D eigenvalue weighted by Gasteiger charge is -2.15. The maximum Gasteiger partial charge on any atom is 0.332 e. The monoisotopic (exact) mass is 537 g/mol. The highest BCUT2D eigenvalue weighted by Gasteiger charge is 2.28. The molecule has 5 aromatic rings. The molecule has 0 fully saturated rings. The number of hydrogen-bond donors (Lipinski definition) is 1. The van der Waals surface area contributed by atoms with Crippen molar-refractivity contribution >= 4 is 22.9 Å². The van der Waals surface area contributed by atoms with E-state index in [-0.39, 0.29) is 23.5 Å². The summed E-state index contributed by atoms with van der Waals surface area (Å²) in [5, 5.41) is 6.43. The van der Waals surface area contributed by atoms with Crippen LogP contribution in [0, 0.1) is 0 Å². The highest BCUT2D eigenvalue weighted by Crippen LogP contribution is 2.25. The number of aryl methyl sites for hydroxylation is 1. The summed E-state index contributed by atoms with van der Waals surface area (Å²) < 4.78 is 35.2. The van der Waals surface area contributed by atoms with Gasteiger partial charge in [-0.1, -0.05) is 11.2 Å². The zero-order valence-electron chi connectivity index (χ0n) is 20.9. The number of nitrogens with zero attached hydrogens (tertiary/aromatic N) is 8. The molecule has 1 N–H and O–H groups in total. The summed E-state index contributed by atoms with van der Waals surface area (Å²) in [5.41, 5.74) is 0.0246. The molecule has 0 unspecified atom stereocenters. The Morgan fingerprint density at radius 1 is 1.15 bits per heavy atom. The molecule has 5 aromatic heterocycles. The van der Waals surface area contributed by atoms with E-state index in [0.29, 0.717) is 23.9 Å². The molecule has 0 saturated heterocycles. The largest absolute Gasteiger partial charge is 0.364 e. The van der Waals surface area contributed by atoms with Gasteiger partial charge in [0, 0.05) is 38.0 Å². The molecule has 0 radical (unpaired) electrons. The highest BCUT2D eigenvalue weighted by atomic mass is 19.3. The number of anilines is 1. The van der Waals surface area contributed by atoms with E-state index >= 15 is 0 Å². The first-order valence-electron chi connectivity index (χ1n) is 11.6. The summed E-state index contributed by atoms with van der Waals surface area (Å²) in [6.45, 7) is 2.14. The average molecular weight is 537 g/mol. The van der Waals surface area contributed by atoms with Gasteiger partial charge in [0.2, 0.25) is 5.91 Å². The lowest BCUT2D eigenvalue weighted by molar-refractivity contribution is -0.118. The second-order valence-corrected chi connectivity index (χ2v) is 8.80. The zero-order valence-corrected chi connectivity index (χ0v) is 20.9. The van der Waals surface area contributed by atoms with E-state index in [2.05, 4.69) is 30.4 Å². The third-order valence-corrected chi connectivity index (χ3v) is 6.01. The van der Waals surface area contributed by atoms with Gasteiger partial charge < -0.3 is 14.4 Å². The lowest BCUT2D eigenvalue weighted by atomic mass is 10.2. The minimum Gasteiger partial charge on any atom is -0.364 e. The Kier molecular flexibility index (Phi) is 6.33. The number of halogens is 2. The molecule has 39 heavy (non-hydrogen) atoms. The van der Waals surface area contributed by atoms with Crippen LogP contribution in [0.25, 0.3) is 22.4 Å². The number of hydrogen-bond acceptors (Lipinski definition) is 9. The Morgan fingerprint density at radius 3 is 2.56 bits per heavy atom. The van der Waals surface area contributed by atoms with Gasteiger partial charge in [0.15, 0.2) is 17.0 Å². The van der Waals surface area contributed by atoms with Crippen molar-refractivity contribution in [2.45, 2.75) is 32.4 Å². The van der Waals surface area contributed by atoms with Crippen molar-refractivity contribution in [2.24, 2.45) is 7.05 Å². The number of amides is 1. The van der Waals surface area contributed by atoms with Gasteiger partial charge in [0.05, 0.1) is 18.6 Å². The van der Waals surface area contributed by atoms with Crippen LogP contribution in [0.4, 0.5) is 14.6 Å². The van der Waals surface area contributed by atoms with E-state index in [1.165, 1.54) is 47.2 Å². The number of carbonyl (C=O) groups is 1. The molecule has 0 aromatic carbocycles. The van der Waals surface area contributed by atoms with Gasteiger partial charge in [-0.05, 0) is 19.1 Å². The fourth-order valence-corrected chi connectivity index (χ4v) is 3.91. The number of alkyl halides is 2. The molecule has 5 rings (SSSR count). The number of carbonyl (C=O) groups excluding carboxylic acids is 1. The number of nitrogens with one attached hydrogen (secondary N) is 1. The van der Waals surface area contributed by atoms with Crippen LogP contribution in [0.15, 0.2) is 63.4 Å². The van der Waals surface area contributed by atoms with Gasteiger partial charge in [-0.15, -0.1) is 0 Å². The number of rotatable bonds is 7. The Balaban J connectivity index is 1.43. The molecule has 200 valence electrons. The van der Waals surface area contributed by atoms with Gasteiger partial charge >= 0.3 is 11.6 Å². The van der Waals surface area contributed by atoms with Crippen molar-refractivity contribution in [3.05, 3.63) is 81.6 Å². The van der Waals surface area contributed by atoms with Crippen molar-refractivity contribution in [2.75, 3.05) is 5.32 Å². The van der Waals surface area contributed by atoms with Gasteiger partial charge in [0.1, 0.15) is 23.8 Å². The Labute approximate surface area is 217 Å². The van der Waals surface area contributed by atoms with Gasteiger partial charge in [-0.3, -0.25) is 18.7 Å². The zero-order chi connectivity index (χ0) is 27.9. The maximum absolute atomic E-state index is 13.4. The fourth-order valence-electron chi connectivity index (χ4n) is 3.91. The van der Waals surface area contributed by atoms with Crippen LogP contribution in [0.2, 0.25) is 0 Å². The summed E-state index contributed by atoms with van der Waals surface area (Å²) in [7, 11) is 1.47. The van der Waals surface area contributed by atoms with Crippen molar-refractivity contribution in [3.8, 4) is 11.3 Å². The number of aromatic nitrogens is 8. The van der Waals surface area contributed by atoms with Crippen molar-refractivity contribution in [1.29, 1.82) is 0 Å². The minimum absolute atomic E-state index is 0.0509. The molecule has 0 saturated carbocycles. The molecule has 0 aliphatic rings. The molecule has 0 aliphatic heterocycles. The topological polar surface area (TPSA) is 156 Å². The van der Waals surface area contributed by atoms with Crippen molar-refractivity contribution in [3.63, 3.8) is 0 Å². The quantitative estimate of drug-likeness (QED) is 0.328. The number of fused-ring (bicyclic) bond motifs is 1. The molecule has 1 amide bonds. The smallest absolute Gasteiger partial charge is 0.332 e. The Hall–Kier alpha value is -5.08. The number of imidazole rings is 1. The summed E-state index contributed by atoms with van der Waals surface area (Å²) in [5.74, 6) is -4.14. The predicted molar refractivity (Wildman–Crippen MR) is 133 cm³/mol. The van der Waals surface area contributed by atoms with Crippen LogP contribution in [-0.4, -0.2) is 44.7 Å². The third kappa shape index (κ3) is 4.81. The van der Waals surface area contributed by atoms with Crippen LogP contribution in [0.1, 0.15) is 31.4 Å². The molecule has 0 spiro atoms. The lowest BCUT2D eigenvalue weighted by Crippen LogP contribution is -2.40. The van der Waals surface area contributed by atoms with Crippen LogP contribution in [0.5, 0.6) is 0 Å². The molecule has 15 heteroatoms. The van der Waals surface area contributed by atoms with Crippen LogP contribution < -0.4 is 16.6 Å². The second kappa shape index (κ2) is 9.66. The Bertz CT molecular complexity index is 1790. The van der Waals surface area contributed by atoms with E-state index in [1.54, 1.807) is 25.1 Å². The normalized spacial score (nSPS) is 12.5. The average Bonchev–Trinajstić information content (AvgIpc) is 3.60. The molecule has 0 bridgehead atoms. The highest BCUT2D eigenvalue weighted by molar-refractivity contribution is 5.93. The molecular weight excluding hydrogens is 516 g/mol. The minimum atomic E-state index is -3.18. The van der Waals surface area contributed by atoms with Crippen LogP contribution >= 0.6 is 0 Å². The van der Waals surface area contributed by atoms with E-state index in [9.17, 15) is 23.2 Å². The summed E-state index contributed by atoms with van der Waals surface area (Å²) in [6, 6.07) is 5.38. The summed E-state index contributed by atoms with van der Waals surface area (Å²) in [4.78, 5) is 55.2. The van der Waals surface area contributed by atoms with E-state index in [0.717, 1.165) is 4.57 Å². The molecular formula is C24H21F2N9O4. The van der Waals surface area contributed by atoms with Crippen molar-refractivity contribution < 1.29 is 18.1 Å². The fraction of sp³-hybridized carbons (Fsp3) is 0.250. The van der Waals surface area contributed by atoms with Gasteiger partial charge in [0.25, 0.3) is 5.56 Å². The molecule has 0 aliphatic carbocycles. The third-order valence-electron chi connectivity index (χ3n) is 6.01. The van der Waals surface area contributed by atoms with E-state index in [4.69, 9.17) is 4.52 Å². The SMILES string of the molecule is C[C@@H](C(=O)Nc1cccc(-c2cnc(C(C)(F)F)nc2)n1)n1cnc2c1c(=O)n(Cc1ccon1)c(=O)n2C. The summed E-state index contributed by atoms with van der Waals surface area (Å²) in [6.07, 6.45) is 5.09. The molecule has 13 nitrogen and oxygen atoms in total. The van der Waals surface area contributed by atoms with Gasteiger partial charge in [-0.25, -0.2) is 24.7 Å².